The van der Waals surface area contributed by atoms with Gasteiger partial charge in [-0.05, 0) is 53.7 Å². The van der Waals surface area contributed by atoms with Crippen LogP contribution in [0.1, 0.15) is 52.7 Å². The van der Waals surface area contributed by atoms with E-state index in [1.54, 1.807) is 40.8 Å². The van der Waals surface area contributed by atoms with E-state index in [-0.39, 0.29) is 16.5 Å². The van der Waals surface area contributed by atoms with Gasteiger partial charge in [0.15, 0.2) is 0 Å². The molecule has 0 amide bonds. The average Bonchev–Trinajstić information content (AvgIpc) is 3.43. The topological polar surface area (TPSA) is 105 Å². The minimum atomic E-state index is -0.398. The molecule has 2 N–H and O–H groups in total. The summed E-state index contributed by atoms with van der Waals surface area (Å²) < 4.78 is 3.40. The Balaban J connectivity index is 0.000000222. The van der Waals surface area contributed by atoms with Gasteiger partial charge in [-0.2, -0.15) is 10.2 Å². The zero-order valence-electron chi connectivity index (χ0n) is 24.4. The molecule has 0 fully saturated rings. The molecule has 0 aliphatic heterocycles. The van der Waals surface area contributed by atoms with Crippen molar-refractivity contribution >= 4 is 11.4 Å². The molecule has 0 bridgehead atoms. The third-order valence-corrected chi connectivity index (χ3v) is 5.37. The van der Waals surface area contributed by atoms with E-state index >= 15 is 0 Å². The van der Waals surface area contributed by atoms with E-state index in [9.17, 15) is 10.1 Å². The van der Waals surface area contributed by atoms with Crippen LogP contribution in [0.4, 0.5) is 11.4 Å². The number of aromatic nitrogens is 4. The highest BCUT2D eigenvalue weighted by Gasteiger charge is 2.19. The van der Waals surface area contributed by atoms with E-state index in [1.807, 2.05) is 58.3 Å². The molecule has 206 valence electrons. The molecule has 0 atom stereocenters. The number of para-hydroxylation sites is 2. The minimum absolute atomic E-state index is 0.0324. The molecule has 40 heavy (non-hydrogen) atoms. The quantitative estimate of drug-likeness (QED) is 0.140. The summed E-state index contributed by atoms with van der Waals surface area (Å²) in [6, 6.07) is 14.3. The van der Waals surface area contributed by atoms with Gasteiger partial charge in [0.2, 0.25) is 0 Å². The minimum Gasteiger partial charge on any atom is -0.398 e. The lowest BCUT2D eigenvalue weighted by Crippen LogP contribution is -1.99. The highest BCUT2D eigenvalue weighted by atomic mass is 16.6. The van der Waals surface area contributed by atoms with E-state index in [0.717, 1.165) is 22.5 Å². The fourth-order valence-electron chi connectivity index (χ4n) is 3.61. The molecule has 0 unspecified atom stereocenters. The van der Waals surface area contributed by atoms with Gasteiger partial charge in [-0.25, -0.2) is 0 Å². The Bertz CT molecular complexity index is 1640. The van der Waals surface area contributed by atoms with Crippen LogP contribution in [0.2, 0.25) is 0 Å². The van der Waals surface area contributed by atoms with Crippen LogP contribution >= 0.6 is 0 Å². The summed E-state index contributed by atoms with van der Waals surface area (Å²) in [5, 5.41) is 20.0. The van der Waals surface area contributed by atoms with Crippen molar-refractivity contribution in [2.45, 2.75) is 41.5 Å². The van der Waals surface area contributed by atoms with Crippen LogP contribution in [0.25, 0.3) is 22.5 Å². The molecule has 8 nitrogen and oxygen atoms in total. The van der Waals surface area contributed by atoms with E-state index < -0.39 is 4.92 Å². The van der Waals surface area contributed by atoms with Gasteiger partial charge in [0.05, 0.1) is 21.6 Å². The first-order valence-corrected chi connectivity index (χ1v) is 12.9. The zero-order valence-corrected chi connectivity index (χ0v) is 24.4. The maximum atomic E-state index is 11.2. The number of anilines is 1. The second-order valence-corrected chi connectivity index (χ2v) is 11.5. The van der Waals surface area contributed by atoms with Crippen molar-refractivity contribution in [1.29, 1.82) is 0 Å². The van der Waals surface area contributed by atoms with Gasteiger partial charge in [-0.3, -0.25) is 19.5 Å². The molecular weight excluding hydrogens is 500 g/mol. The largest absolute Gasteiger partial charge is 0.398 e. The predicted octanol–water partition coefficient (Wildman–Crippen LogP) is 6.46. The molecule has 8 heteroatoms. The Morgan fingerprint density at radius 2 is 1.18 bits per heavy atom. The summed E-state index contributed by atoms with van der Waals surface area (Å²) in [5.74, 6) is 12.7. The van der Waals surface area contributed by atoms with Gasteiger partial charge >= 0.3 is 0 Å². The third kappa shape index (κ3) is 8.09. The Morgan fingerprint density at radius 3 is 1.62 bits per heavy atom. The highest BCUT2D eigenvalue weighted by Crippen LogP contribution is 2.31. The number of nitrogens with two attached hydrogens (primary N) is 1. The van der Waals surface area contributed by atoms with Crippen LogP contribution in [0.3, 0.4) is 0 Å². The van der Waals surface area contributed by atoms with E-state index in [2.05, 4.69) is 54.7 Å². The first-order chi connectivity index (χ1) is 18.6. The molecule has 4 rings (SSSR count). The Hall–Kier alpha value is -4.82. The van der Waals surface area contributed by atoms with Crippen LogP contribution in [0.5, 0.6) is 0 Å². The van der Waals surface area contributed by atoms with E-state index in [1.165, 1.54) is 6.07 Å². The third-order valence-electron chi connectivity index (χ3n) is 5.37. The summed E-state index contributed by atoms with van der Waals surface area (Å²) in [6.07, 6.45) is 3.71. The van der Waals surface area contributed by atoms with Crippen molar-refractivity contribution in [2.75, 3.05) is 5.73 Å². The van der Waals surface area contributed by atoms with E-state index in [0.29, 0.717) is 16.8 Å². The Kier molecular flexibility index (Phi) is 8.86. The molecule has 0 aliphatic carbocycles. The fraction of sp³-hybridized carbons (Fsp3) is 0.312. The summed E-state index contributed by atoms with van der Waals surface area (Å²) in [7, 11) is 3.67. The number of nitrogens with zero attached hydrogens (tertiary/aromatic N) is 5. The van der Waals surface area contributed by atoms with Gasteiger partial charge in [0.1, 0.15) is 11.4 Å². The molecule has 2 aromatic carbocycles. The van der Waals surface area contributed by atoms with Crippen LogP contribution in [0, 0.1) is 44.6 Å². The van der Waals surface area contributed by atoms with Crippen LogP contribution < -0.4 is 5.73 Å². The van der Waals surface area contributed by atoms with Crippen LogP contribution in [-0.4, -0.2) is 24.5 Å². The van der Waals surface area contributed by atoms with Crippen molar-refractivity contribution in [3.05, 3.63) is 82.2 Å². The van der Waals surface area contributed by atoms with Gasteiger partial charge in [0, 0.05) is 54.6 Å². The van der Waals surface area contributed by atoms with Crippen molar-refractivity contribution in [3.8, 4) is 46.2 Å². The van der Waals surface area contributed by atoms with Crippen molar-refractivity contribution < 1.29 is 4.92 Å². The summed E-state index contributed by atoms with van der Waals surface area (Å²) in [4.78, 5) is 10.8. The number of aryl methyl sites for hydroxylation is 2. The number of nitro benzene ring substituents is 1. The maximum absolute atomic E-state index is 11.2. The van der Waals surface area contributed by atoms with Crippen molar-refractivity contribution in [3.63, 3.8) is 0 Å². The Labute approximate surface area is 236 Å². The van der Waals surface area contributed by atoms with E-state index in [4.69, 9.17) is 5.73 Å². The second kappa shape index (κ2) is 11.9. The highest BCUT2D eigenvalue weighted by molar-refractivity contribution is 5.77. The fourth-order valence-corrected chi connectivity index (χ4v) is 3.61. The van der Waals surface area contributed by atoms with Crippen molar-refractivity contribution in [2.24, 2.45) is 24.9 Å². The average molecular weight is 537 g/mol. The zero-order chi connectivity index (χ0) is 29.7. The predicted molar refractivity (Wildman–Crippen MR) is 161 cm³/mol. The lowest BCUT2D eigenvalue weighted by Gasteiger charge is -2.07. The molecule has 2 aromatic heterocycles. The number of nitro groups is 1. The summed E-state index contributed by atoms with van der Waals surface area (Å²) in [6.45, 7) is 12.3. The number of hydrogen-bond donors (Lipinski definition) is 1. The SMILES string of the molecule is Cn1cc(C#CC(C)(C)C)c(-c2ccccc2N)n1.Cn1cc(C#CC(C)(C)C)c(-c2ccccc2[N+](=O)[O-])n1. The van der Waals surface area contributed by atoms with Gasteiger partial charge < -0.3 is 5.73 Å². The molecule has 0 saturated carbocycles. The number of benzene rings is 2. The first-order valence-electron chi connectivity index (χ1n) is 12.9. The van der Waals surface area contributed by atoms with Crippen LogP contribution in [0.15, 0.2) is 60.9 Å². The normalized spacial score (nSPS) is 10.9. The molecule has 2 heterocycles. The summed E-state index contributed by atoms with van der Waals surface area (Å²) >= 11 is 0. The molecular formula is C32H36N6O2. The summed E-state index contributed by atoms with van der Waals surface area (Å²) in [5.41, 5.74) is 11.0. The number of hydrogen-bond acceptors (Lipinski definition) is 5. The van der Waals surface area contributed by atoms with Crippen LogP contribution in [-0.2, 0) is 14.1 Å². The molecule has 0 aliphatic rings. The van der Waals surface area contributed by atoms with Gasteiger partial charge in [-0.15, -0.1) is 0 Å². The first kappa shape index (κ1) is 29.7. The lowest BCUT2D eigenvalue weighted by molar-refractivity contribution is -0.384. The monoisotopic (exact) mass is 536 g/mol. The maximum Gasteiger partial charge on any atom is 0.278 e. The second-order valence-electron chi connectivity index (χ2n) is 11.5. The van der Waals surface area contributed by atoms with Crippen molar-refractivity contribution in [1.82, 2.24) is 19.6 Å². The standard InChI is InChI=1S/C16H17N3O2.C16H19N3/c1-16(2,3)10-9-12-11-18(4)17-15(12)13-7-5-6-8-14(13)19(20)21;1-16(2,3)10-9-12-11-19(4)18-15(12)13-7-5-6-8-14(13)17/h5-8,11H,1-4H3;5-8,11H,17H2,1-4H3. The van der Waals surface area contributed by atoms with Gasteiger partial charge in [-0.1, -0.05) is 54.0 Å². The smallest absolute Gasteiger partial charge is 0.278 e. The molecule has 0 radical (unpaired) electrons. The molecule has 4 aromatic rings. The molecule has 0 saturated heterocycles. The molecule has 0 spiro atoms. The number of nitrogen functional groups attached to an aromatic ring is 1. The Morgan fingerprint density at radius 1 is 0.750 bits per heavy atom. The lowest BCUT2D eigenvalue weighted by atomic mass is 9.97. The van der Waals surface area contributed by atoms with Gasteiger partial charge in [0.25, 0.3) is 5.69 Å². The number of rotatable bonds is 3.